The number of hydrogen-bond acceptors (Lipinski definition) is 6. The molecule has 0 rings (SSSR count). The smallest absolute Gasteiger partial charge is 0.306 e. The van der Waals surface area contributed by atoms with Crippen molar-refractivity contribution in [2.24, 2.45) is 17.8 Å². The second kappa shape index (κ2) is 47.4. The van der Waals surface area contributed by atoms with Crippen LogP contribution in [0.15, 0.2) is 0 Å². The summed E-state index contributed by atoms with van der Waals surface area (Å²) in [6, 6.07) is 0. The normalized spacial score (nSPS) is 12.1. The highest BCUT2D eigenvalue weighted by atomic mass is 16.6. The van der Waals surface area contributed by atoms with Gasteiger partial charge in [-0.05, 0) is 37.0 Å². The van der Waals surface area contributed by atoms with Crippen LogP contribution in [0.3, 0.4) is 0 Å². The maximum Gasteiger partial charge on any atom is 0.306 e. The van der Waals surface area contributed by atoms with Crippen molar-refractivity contribution in [1.29, 1.82) is 0 Å². The first-order chi connectivity index (χ1) is 30.1. The number of esters is 3. The largest absolute Gasteiger partial charge is 0.462 e. The van der Waals surface area contributed by atoms with E-state index in [2.05, 4.69) is 41.5 Å². The molecule has 0 radical (unpaired) electrons. The van der Waals surface area contributed by atoms with Gasteiger partial charge in [-0.2, -0.15) is 0 Å². The summed E-state index contributed by atoms with van der Waals surface area (Å²) >= 11 is 0. The summed E-state index contributed by atoms with van der Waals surface area (Å²) in [5.74, 6) is 1.60. The predicted octanol–water partition coefficient (Wildman–Crippen LogP) is 17.9. The first-order valence-corrected chi connectivity index (χ1v) is 27.6. The minimum absolute atomic E-state index is 0.0648. The van der Waals surface area contributed by atoms with Crippen LogP contribution in [0.25, 0.3) is 0 Å². The molecule has 0 aromatic carbocycles. The molecule has 0 saturated carbocycles. The lowest BCUT2D eigenvalue weighted by Crippen LogP contribution is -2.30. The van der Waals surface area contributed by atoms with Gasteiger partial charge in [-0.3, -0.25) is 14.4 Å². The van der Waals surface area contributed by atoms with Crippen molar-refractivity contribution in [1.82, 2.24) is 0 Å². The molecule has 0 heterocycles. The molecule has 0 amide bonds. The molecular formula is C56H108O6. The summed E-state index contributed by atoms with van der Waals surface area (Å²) in [5, 5.41) is 0. The van der Waals surface area contributed by atoms with Crippen LogP contribution in [0.2, 0.25) is 0 Å². The maximum atomic E-state index is 12.8. The van der Waals surface area contributed by atoms with E-state index >= 15 is 0 Å². The number of rotatable bonds is 49. The Morgan fingerprint density at radius 3 is 0.694 bits per heavy atom. The Hall–Kier alpha value is -1.59. The first kappa shape index (κ1) is 60.4. The van der Waals surface area contributed by atoms with Crippen LogP contribution in [0, 0.1) is 17.8 Å². The van der Waals surface area contributed by atoms with Gasteiger partial charge in [0.2, 0.25) is 0 Å². The summed E-state index contributed by atoms with van der Waals surface area (Å²) in [4.78, 5) is 38.0. The van der Waals surface area contributed by atoms with Crippen LogP contribution in [-0.2, 0) is 28.6 Å². The Bertz CT molecular complexity index is 960. The Morgan fingerprint density at radius 2 is 0.468 bits per heavy atom. The lowest BCUT2D eigenvalue weighted by Gasteiger charge is -2.18. The number of carbonyl (C=O) groups excluding carboxylic acids is 3. The lowest BCUT2D eigenvalue weighted by atomic mass is 10.0. The van der Waals surface area contributed by atoms with E-state index in [1.54, 1.807) is 0 Å². The fraction of sp³-hybridized carbons (Fsp3) is 0.946. The molecule has 0 spiro atoms. The van der Waals surface area contributed by atoms with Gasteiger partial charge in [0.1, 0.15) is 13.2 Å². The Balaban J connectivity index is 4.19. The van der Waals surface area contributed by atoms with Gasteiger partial charge >= 0.3 is 17.9 Å². The predicted molar refractivity (Wildman–Crippen MR) is 266 cm³/mol. The van der Waals surface area contributed by atoms with Crippen LogP contribution in [0.1, 0.15) is 305 Å². The molecule has 368 valence electrons. The number of unbranched alkanes of at least 4 members (excludes halogenated alkanes) is 32. The van der Waals surface area contributed by atoms with Crippen molar-refractivity contribution in [3.8, 4) is 0 Å². The van der Waals surface area contributed by atoms with Gasteiger partial charge in [-0.15, -0.1) is 0 Å². The van der Waals surface area contributed by atoms with Crippen molar-refractivity contribution >= 4 is 17.9 Å². The van der Waals surface area contributed by atoms with Crippen molar-refractivity contribution in [3.63, 3.8) is 0 Å². The second-order valence-corrected chi connectivity index (χ2v) is 20.6. The average Bonchev–Trinajstić information content (AvgIpc) is 3.23. The highest BCUT2D eigenvalue weighted by molar-refractivity contribution is 5.71. The van der Waals surface area contributed by atoms with Crippen molar-refractivity contribution < 1.29 is 28.6 Å². The van der Waals surface area contributed by atoms with Crippen molar-refractivity contribution in [2.75, 3.05) is 13.2 Å². The van der Waals surface area contributed by atoms with Crippen LogP contribution >= 0.6 is 0 Å². The molecule has 0 aromatic heterocycles. The molecule has 0 aromatic rings. The Labute approximate surface area is 387 Å². The monoisotopic (exact) mass is 877 g/mol. The van der Waals surface area contributed by atoms with E-state index < -0.39 is 6.10 Å². The molecule has 0 fully saturated rings. The molecule has 0 bridgehead atoms. The SMILES string of the molecule is CC(C)CCCCCCCCCCCCCCCCCCCCC(=O)OC[C@@H](COC(=O)CCCCCCCCCCCCC(C)C)OC(=O)CCCCCCCCCC(C)C. The van der Waals surface area contributed by atoms with E-state index in [4.69, 9.17) is 14.2 Å². The zero-order valence-electron chi connectivity index (χ0n) is 42.7. The third-order valence-corrected chi connectivity index (χ3v) is 12.6. The van der Waals surface area contributed by atoms with E-state index in [1.165, 1.54) is 186 Å². The topological polar surface area (TPSA) is 78.9 Å². The Morgan fingerprint density at radius 1 is 0.274 bits per heavy atom. The highest BCUT2D eigenvalue weighted by Gasteiger charge is 2.19. The number of carbonyl (C=O) groups is 3. The maximum absolute atomic E-state index is 12.8. The van der Waals surface area contributed by atoms with Gasteiger partial charge in [-0.25, -0.2) is 0 Å². The highest BCUT2D eigenvalue weighted by Crippen LogP contribution is 2.18. The average molecular weight is 877 g/mol. The molecule has 0 unspecified atom stereocenters. The number of ether oxygens (including phenoxy) is 3. The van der Waals surface area contributed by atoms with Crippen molar-refractivity contribution in [3.05, 3.63) is 0 Å². The Kier molecular flexibility index (Phi) is 46.2. The van der Waals surface area contributed by atoms with Crippen LogP contribution in [-0.4, -0.2) is 37.2 Å². The van der Waals surface area contributed by atoms with Crippen LogP contribution < -0.4 is 0 Å². The van der Waals surface area contributed by atoms with Crippen molar-refractivity contribution in [2.45, 2.75) is 311 Å². The first-order valence-electron chi connectivity index (χ1n) is 27.6. The van der Waals surface area contributed by atoms with Gasteiger partial charge in [0.05, 0.1) is 0 Å². The van der Waals surface area contributed by atoms with E-state index in [-0.39, 0.29) is 31.1 Å². The van der Waals surface area contributed by atoms with Gasteiger partial charge in [0, 0.05) is 19.3 Å². The third-order valence-electron chi connectivity index (χ3n) is 12.6. The van der Waals surface area contributed by atoms with E-state index in [0.29, 0.717) is 19.3 Å². The standard InChI is InChI=1S/C56H108O6/c1-50(2)42-36-30-24-19-15-13-11-9-7-8-10-12-14-16-21-27-33-39-45-54(57)60-48-53(62-56(59)47-41-35-29-23-26-32-38-44-52(5)6)49-61-55(58)46-40-34-28-22-18-17-20-25-31-37-43-51(3)4/h50-53H,7-49H2,1-6H3/t53-/m0/s1. The minimum atomic E-state index is -0.763. The van der Waals surface area contributed by atoms with Gasteiger partial charge in [0.15, 0.2) is 6.10 Å². The summed E-state index contributed by atoms with van der Waals surface area (Å²) in [6.45, 7) is 13.7. The van der Waals surface area contributed by atoms with Gasteiger partial charge < -0.3 is 14.2 Å². The third kappa shape index (κ3) is 49.4. The number of hydrogen-bond donors (Lipinski definition) is 0. The molecule has 62 heavy (non-hydrogen) atoms. The molecule has 6 heteroatoms. The summed E-state index contributed by atoms with van der Waals surface area (Å²) in [5.41, 5.74) is 0. The zero-order valence-corrected chi connectivity index (χ0v) is 42.7. The fourth-order valence-corrected chi connectivity index (χ4v) is 8.47. The van der Waals surface area contributed by atoms with E-state index in [0.717, 1.165) is 75.5 Å². The molecule has 0 aliphatic heterocycles. The fourth-order valence-electron chi connectivity index (χ4n) is 8.47. The molecular weight excluding hydrogens is 769 g/mol. The molecule has 0 aliphatic carbocycles. The van der Waals surface area contributed by atoms with Gasteiger partial charge in [-0.1, -0.05) is 266 Å². The molecule has 0 aliphatic rings. The summed E-state index contributed by atoms with van der Waals surface area (Å²) < 4.78 is 16.8. The molecule has 1 atom stereocenters. The van der Waals surface area contributed by atoms with E-state index in [9.17, 15) is 14.4 Å². The quantitative estimate of drug-likeness (QED) is 0.0344. The summed E-state index contributed by atoms with van der Waals surface area (Å²) in [6.07, 6.45) is 48.2. The zero-order chi connectivity index (χ0) is 45.6. The molecule has 6 nitrogen and oxygen atoms in total. The lowest BCUT2D eigenvalue weighted by molar-refractivity contribution is -0.167. The molecule has 0 saturated heterocycles. The van der Waals surface area contributed by atoms with Gasteiger partial charge in [0.25, 0.3) is 0 Å². The van der Waals surface area contributed by atoms with E-state index in [1.807, 2.05) is 0 Å². The molecule has 0 N–H and O–H groups in total. The van der Waals surface area contributed by atoms with Crippen LogP contribution in [0.4, 0.5) is 0 Å². The summed E-state index contributed by atoms with van der Waals surface area (Å²) in [7, 11) is 0. The second-order valence-electron chi connectivity index (χ2n) is 20.6. The minimum Gasteiger partial charge on any atom is -0.462 e. The van der Waals surface area contributed by atoms with Crippen LogP contribution in [0.5, 0.6) is 0 Å².